The molecule has 0 aromatic heterocycles. The van der Waals surface area contributed by atoms with E-state index in [9.17, 15) is 0 Å². The van der Waals surface area contributed by atoms with Crippen molar-refractivity contribution in [2.45, 2.75) is 54.4 Å². The lowest BCUT2D eigenvalue weighted by atomic mass is 9.66. The third-order valence-electron chi connectivity index (χ3n) is 9.16. The number of allylic oxidation sites excluding steroid dienone is 2. The highest BCUT2D eigenvalue weighted by Gasteiger charge is 2.74. The van der Waals surface area contributed by atoms with E-state index in [1.807, 2.05) is 0 Å². The highest BCUT2D eigenvalue weighted by atomic mass is 14.8. The lowest BCUT2D eigenvalue weighted by Crippen LogP contribution is -2.34. The van der Waals surface area contributed by atoms with E-state index in [1.54, 1.807) is 0 Å². The predicted molar refractivity (Wildman–Crippen MR) is 85.2 cm³/mol. The van der Waals surface area contributed by atoms with Crippen LogP contribution in [0.2, 0.25) is 0 Å². The summed E-state index contributed by atoms with van der Waals surface area (Å²) in [5.41, 5.74) is 1.22. The Morgan fingerprint density at radius 3 is 1.50 bits per heavy atom. The fraction of sp³-hybridized carbons (Fsp3) is 0.900. The molecule has 0 N–H and O–H groups in total. The van der Waals surface area contributed by atoms with Crippen LogP contribution in [0.1, 0.15) is 54.4 Å². The van der Waals surface area contributed by atoms with E-state index in [0.29, 0.717) is 10.8 Å². The van der Waals surface area contributed by atoms with Crippen molar-refractivity contribution in [1.29, 1.82) is 0 Å². The van der Waals surface area contributed by atoms with E-state index in [4.69, 9.17) is 0 Å². The van der Waals surface area contributed by atoms with Gasteiger partial charge in [-0.25, -0.2) is 0 Å². The van der Waals surface area contributed by atoms with Gasteiger partial charge in [-0.05, 0) is 64.6 Å². The lowest BCUT2D eigenvalue weighted by Gasteiger charge is -2.39. The largest absolute Gasteiger partial charge is 0.0842 e. The van der Waals surface area contributed by atoms with Crippen LogP contribution in [-0.2, 0) is 0 Å². The molecule has 0 saturated heterocycles. The second-order valence-corrected chi connectivity index (χ2v) is 9.08. The molecule has 4 bridgehead atoms. The molecule has 0 aromatic carbocycles. The fourth-order valence-electron chi connectivity index (χ4n) is 8.04. The van der Waals surface area contributed by atoms with E-state index in [0.717, 1.165) is 47.3 Å². The van der Waals surface area contributed by atoms with Crippen LogP contribution in [0, 0.1) is 58.2 Å². The molecule has 0 radical (unpaired) electrons. The Kier molecular flexibility index (Phi) is 2.50. The lowest BCUT2D eigenvalue weighted by molar-refractivity contribution is 0.108. The summed E-state index contributed by atoms with van der Waals surface area (Å²) < 4.78 is 0. The van der Waals surface area contributed by atoms with Crippen LogP contribution in [0.25, 0.3) is 0 Å². The molecule has 0 aromatic rings. The van der Waals surface area contributed by atoms with Crippen molar-refractivity contribution in [2.24, 2.45) is 58.2 Å². The molecule has 8 unspecified atom stereocenters. The fourth-order valence-corrected chi connectivity index (χ4v) is 8.04. The molecule has 0 heteroatoms. The SMILES string of the molecule is CCC1(C)C2C=CC1C1C2C2C(C)C(C)C1C2(C)CC. The van der Waals surface area contributed by atoms with Gasteiger partial charge in [0.05, 0.1) is 0 Å². The van der Waals surface area contributed by atoms with Gasteiger partial charge in [-0.2, -0.15) is 0 Å². The van der Waals surface area contributed by atoms with Crippen molar-refractivity contribution < 1.29 is 0 Å². The summed E-state index contributed by atoms with van der Waals surface area (Å²) in [6.07, 6.45) is 8.02. The van der Waals surface area contributed by atoms with Crippen molar-refractivity contribution in [3.8, 4) is 0 Å². The van der Waals surface area contributed by atoms with E-state index < -0.39 is 0 Å². The van der Waals surface area contributed by atoms with Crippen molar-refractivity contribution in [3.63, 3.8) is 0 Å². The molecule has 4 rings (SSSR count). The molecule has 0 heterocycles. The summed E-state index contributed by atoms with van der Waals surface area (Å²) >= 11 is 0. The molecular weight excluding hydrogens is 240 g/mol. The normalized spacial score (nSPS) is 66.1. The molecule has 3 fully saturated rings. The van der Waals surface area contributed by atoms with Crippen LogP contribution in [-0.4, -0.2) is 0 Å². The van der Waals surface area contributed by atoms with Crippen LogP contribution in [0.3, 0.4) is 0 Å². The standard InChI is InChI=1S/C20H32/c1-7-19(5)13-9-10-14(19)16-15(13)17-11(3)12(4)18(16)20(17,6)8-2/h9-18H,7-8H2,1-6H3. The molecule has 4 aliphatic rings. The molecule has 112 valence electrons. The van der Waals surface area contributed by atoms with Crippen molar-refractivity contribution in [1.82, 2.24) is 0 Å². The average molecular weight is 272 g/mol. The van der Waals surface area contributed by atoms with Crippen molar-refractivity contribution in [3.05, 3.63) is 12.2 Å². The monoisotopic (exact) mass is 272 g/mol. The second-order valence-electron chi connectivity index (χ2n) is 9.08. The van der Waals surface area contributed by atoms with Gasteiger partial charge in [0.25, 0.3) is 0 Å². The third-order valence-corrected chi connectivity index (χ3v) is 9.16. The molecule has 3 saturated carbocycles. The molecule has 0 nitrogen and oxygen atoms in total. The topological polar surface area (TPSA) is 0 Å². The highest BCUT2D eigenvalue weighted by molar-refractivity contribution is 5.30. The second kappa shape index (κ2) is 3.73. The highest BCUT2D eigenvalue weighted by Crippen LogP contribution is 2.79. The van der Waals surface area contributed by atoms with Gasteiger partial charge in [-0.3, -0.25) is 0 Å². The Morgan fingerprint density at radius 1 is 0.750 bits per heavy atom. The molecule has 0 aliphatic heterocycles. The zero-order chi connectivity index (χ0) is 14.4. The van der Waals surface area contributed by atoms with Gasteiger partial charge in [0.15, 0.2) is 0 Å². The van der Waals surface area contributed by atoms with Crippen molar-refractivity contribution >= 4 is 0 Å². The number of fused-ring (bicyclic) bond motifs is 9. The maximum absolute atomic E-state index is 2.64. The molecule has 0 spiro atoms. The van der Waals surface area contributed by atoms with Gasteiger partial charge >= 0.3 is 0 Å². The number of rotatable bonds is 2. The Morgan fingerprint density at radius 2 is 1.15 bits per heavy atom. The summed E-state index contributed by atoms with van der Waals surface area (Å²) in [6, 6.07) is 0. The smallest absolute Gasteiger partial charge is 0.0139 e. The van der Waals surface area contributed by atoms with E-state index >= 15 is 0 Å². The molecule has 20 heavy (non-hydrogen) atoms. The predicted octanol–water partition coefficient (Wildman–Crippen LogP) is 5.40. The maximum Gasteiger partial charge on any atom is -0.0139 e. The Bertz CT molecular complexity index is 427. The summed E-state index contributed by atoms with van der Waals surface area (Å²) in [6.45, 7) is 15.3. The van der Waals surface area contributed by atoms with Gasteiger partial charge in [-0.15, -0.1) is 0 Å². The van der Waals surface area contributed by atoms with Gasteiger partial charge in [0.2, 0.25) is 0 Å². The molecular formula is C20H32. The van der Waals surface area contributed by atoms with Crippen LogP contribution in [0.15, 0.2) is 12.2 Å². The zero-order valence-corrected chi connectivity index (χ0v) is 14.2. The molecule has 8 atom stereocenters. The summed E-state index contributed by atoms with van der Waals surface area (Å²) in [5.74, 6) is 7.66. The van der Waals surface area contributed by atoms with E-state index in [2.05, 4.69) is 53.7 Å². The van der Waals surface area contributed by atoms with Gasteiger partial charge in [0.1, 0.15) is 0 Å². The molecule has 4 aliphatic carbocycles. The summed E-state index contributed by atoms with van der Waals surface area (Å²) in [4.78, 5) is 0. The number of hydrogen-bond donors (Lipinski definition) is 0. The first kappa shape index (κ1) is 13.4. The van der Waals surface area contributed by atoms with Crippen LogP contribution in [0.5, 0.6) is 0 Å². The Balaban J connectivity index is 1.83. The Hall–Kier alpha value is -0.260. The van der Waals surface area contributed by atoms with Crippen LogP contribution >= 0.6 is 0 Å². The van der Waals surface area contributed by atoms with Gasteiger partial charge in [0, 0.05) is 0 Å². The van der Waals surface area contributed by atoms with Gasteiger partial charge in [-0.1, -0.05) is 60.1 Å². The third kappa shape index (κ3) is 1.12. The minimum atomic E-state index is 0.588. The maximum atomic E-state index is 2.64. The van der Waals surface area contributed by atoms with E-state index in [1.165, 1.54) is 12.8 Å². The zero-order valence-electron chi connectivity index (χ0n) is 14.2. The van der Waals surface area contributed by atoms with Crippen LogP contribution in [0.4, 0.5) is 0 Å². The average Bonchev–Trinajstić information content (AvgIpc) is 3.04. The Labute approximate surface area is 125 Å². The summed E-state index contributed by atoms with van der Waals surface area (Å²) in [7, 11) is 0. The first-order valence-corrected chi connectivity index (χ1v) is 9.10. The quantitative estimate of drug-likeness (QED) is 0.466. The van der Waals surface area contributed by atoms with Gasteiger partial charge < -0.3 is 0 Å². The minimum absolute atomic E-state index is 0.588. The van der Waals surface area contributed by atoms with Crippen LogP contribution < -0.4 is 0 Å². The number of hydrogen-bond acceptors (Lipinski definition) is 0. The molecule has 0 amide bonds. The summed E-state index contributed by atoms with van der Waals surface area (Å²) in [5, 5.41) is 0. The van der Waals surface area contributed by atoms with E-state index in [-0.39, 0.29) is 0 Å². The first-order valence-electron chi connectivity index (χ1n) is 9.10. The van der Waals surface area contributed by atoms with Crippen molar-refractivity contribution in [2.75, 3.05) is 0 Å². The first-order chi connectivity index (χ1) is 9.41. The minimum Gasteiger partial charge on any atom is -0.0842 e.